The molecule has 3 N–H and O–H groups in total. The fraction of sp³-hybridized carbons (Fsp3) is 0.133. The van der Waals surface area contributed by atoms with Crippen LogP contribution in [0.4, 0.5) is 11.5 Å². The molecule has 2 aromatic heterocycles. The van der Waals surface area contributed by atoms with Crippen LogP contribution in [0.3, 0.4) is 0 Å². The lowest BCUT2D eigenvalue weighted by molar-refractivity contribution is 1.04. The van der Waals surface area contributed by atoms with Gasteiger partial charge in [0.05, 0.1) is 16.9 Å². The van der Waals surface area contributed by atoms with Gasteiger partial charge in [0.15, 0.2) is 0 Å². The minimum Gasteiger partial charge on any atom is -0.383 e. The van der Waals surface area contributed by atoms with E-state index in [1.807, 2.05) is 24.4 Å². The molecule has 0 saturated carbocycles. The number of benzene rings is 1. The number of nitrogens with one attached hydrogen (secondary N) is 1. The van der Waals surface area contributed by atoms with Gasteiger partial charge in [0.1, 0.15) is 12.1 Å². The van der Waals surface area contributed by atoms with Crippen molar-refractivity contribution in [2.45, 2.75) is 6.42 Å². The maximum Gasteiger partial charge on any atom is 0.134 e. The summed E-state index contributed by atoms with van der Waals surface area (Å²) < 4.78 is 0. The number of anilines is 2. The highest BCUT2D eigenvalue weighted by Gasteiger charge is 2.12. The van der Waals surface area contributed by atoms with Crippen LogP contribution in [-0.4, -0.2) is 21.5 Å². The molecule has 1 aliphatic rings. The Morgan fingerprint density at radius 1 is 1.05 bits per heavy atom. The number of nitrogen functional groups attached to an aromatic ring is 1. The lowest BCUT2D eigenvalue weighted by atomic mass is 10.0. The molecule has 0 amide bonds. The summed E-state index contributed by atoms with van der Waals surface area (Å²) in [7, 11) is 0. The van der Waals surface area contributed by atoms with Gasteiger partial charge in [-0.1, -0.05) is 6.07 Å². The predicted molar refractivity (Wildman–Crippen MR) is 79.4 cm³/mol. The van der Waals surface area contributed by atoms with E-state index in [0.717, 1.165) is 46.4 Å². The zero-order valence-corrected chi connectivity index (χ0v) is 10.8. The van der Waals surface area contributed by atoms with Crippen LogP contribution in [0.2, 0.25) is 0 Å². The lowest BCUT2D eigenvalue weighted by Gasteiger charge is -2.07. The van der Waals surface area contributed by atoms with Gasteiger partial charge in [-0.3, -0.25) is 4.98 Å². The summed E-state index contributed by atoms with van der Waals surface area (Å²) in [6.45, 7) is 0.963. The SMILES string of the molecule is Nc1ncnc2ccc(-c3cnc4c(c3)NCC4)cc12. The molecule has 0 atom stereocenters. The summed E-state index contributed by atoms with van der Waals surface area (Å²) in [4.78, 5) is 12.8. The fourth-order valence-corrected chi connectivity index (χ4v) is 2.57. The molecule has 0 saturated heterocycles. The Bertz CT molecular complexity index is 812. The number of pyridine rings is 1. The smallest absolute Gasteiger partial charge is 0.134 e. The number of hydrogen-bond acceptors (Lipinski definition) is 5. The number of rotatable bonds is 1. The van der Waals surface area contributed by atoms with Crippen LogP contribution in [0, 0.1) is 0 Å². The lowest BCUT2D eigenvalue weighted by Crippen LogP contribution is -1.94. The summed E-state index contributed by atoms with van der Waals surface area (Å²) in [5.74, 6) is 0.504. The van der Waals surface area contributed by atoms with E-state index < -0.39 is 0 Å². The van der Waals surface area contributed by atoms with Crippen LogP contribution in [0.5, 0.6) is 0 Å². The number of fused-ring (bicyclic) bond motifs is 2. The van der Waals surface area contributed by atoms with E-state index >= 15 is 0 Å². The molecule has 4 rings (SSSR count). The Morgan fingerprint density at radius 2 is 2.00 bits per heavy atom. The first-order chi connectivity index (χ1) is 9.81. The Labute approximate surface area is 115 Å². The van der Waals surface area contributed by atoms with E-state index in [0.29, 0.717) is 5.82 Å². The van der Waals surface area contributed by atoms with Crippen LogP contribution in [0.1, 0.15) is 5.69 Å². The highest BCUT2D eigenvalue weighted by Crippen LogP contribution is 2.29. The van der Waals surface area contributed by atoms with Crippen LogP contribution in [0.15, 0.2) is 36.8 Å². The van der Waals surface area contributed by atoms with Gasteiger partial charge < -0.3 is 11.1 Å². The van der Waals surface area contributed by atoms with Gasteiger partial charge in [-0.15, -0.1) is 0 Å². The quantitative estimate of drug-likeness (QED) is 0.704. The second kappa shape index (κ2) is 4.16. The Kier molecular flexibility index (Phi) is 2.32. The third-order valence-corrected chi connectivity index (χ3v) is 3.65. The third kappa shape index (κ3) is 1.67. The summed E-state index contributed by atoms with van der Waals surface area (Å²) in [5.41, 5.74) is 11.2. The number of nitrogens with zero attached hydrogens (tertiary/aromatic N) is 3. The first kappa shape index (κ1) is 11.2. The van der Waals surface area contributed by atoms with Crippen LogP contribution < -0.4 is 11.1 Å². The van der Waals surface area contributed by atoms with Crippen LogP contribution in [-0.2, 0) is 6.42 Å². The van der Waals surface area contributed by atoms with Crippen molar-refractivity contribution in [3.05, 3.63) is 42.5 Å². The topological polar surface area (TPSA) is 76.7 Å². The number of nitrogens with two attached hydrogens (primary N) is 1. The molecular weight excluding hydrogens is 250 g/mol. The monoisotopic (exact) mass is 263 g/mol. The van der Waals surface area contributed by atoms with E-state index in [-0.39, 0.29) is 0 Å². The molecule has 0 unspecified atom stereocenters. The molecule has 98 valence electrons. The van der Waals surface area contributed by atoms with Gasteiger partial charge in [0, 0.05) is 30.1 Å². The van der Waals surface area contributed by atoms with Gasteiger partial charge in [-0.05, 0) is 23.8 Å². The minimum absolute atomic E-state index is 0.504. The summed E-state index contributed by atoms with van der Waals surface area (Å²) in [6, 6.07) is 8.15. The van der Waals surface area contributed by atoms with E-state index in [4.69, 9.17) is 5.73 Å². The normalized spacial score (nSPS) is 13.2. The van der Waals surface area contributed by atoms with Gasteiger partial charge in [-0.25, -0.2) is 9.97 Å². The maximum absolute atomic E-state index is 5.91. The molecule has 5 nitrogen and oxygen atoms in total. The van der Waals surface area contributed by atoms with Gasteiger partial charge in [-0.2, -0.15) is 0 Å². The van der Waals surface area contributed by atoms with E-state index in [2.05, 4.69) is 26.3 Å². The predicted octanol–water partition coefficient (Wildman–Crippen LogP) is 2.24. The molecular formula is C15H13N5. The van der Waals surface area contributed by atoms with Crippen molar-refractivity contribution in [3.8, 4) is 11.1 Å². The minimum atomic E-state index is 0.504. The molecule has 0 spiro atoms. The van der Waals surface area contributed by atoms with Crippen molar-refractivity contribution < 1.29 is 0 Å². The van der Waals surface area contributed by atoms with Crippen molar-refractivity contribution in [2.24, 2.45) is 0 Å². The molecule has 5 heteroatoms. The molecule has 3 aromatic rings. The Balaban J connectivity index is 1.88. The van der Waals surface area contributed by atoms with Gasteiger partial charge >= 0.3 is 0 Å². The van der Waals surface area contributed by atoms with E-state index in [1.54, 1.807) is 0 Å². The van der Waals surface area contributed by atoms with Crippen molar-refractivity contribution in [1.29, 1.82) is 0 Å². The molecule has 3 heterocycles. The van der Waals surface area contributed by atoms with Crippen molar-refractivity contribution in [2.75, 3.05) is 17.6 Å². The second-order valence-electron chi connectivity index (χ2n) is 4.89. The Hall–Kier alpha value is -2.69. The van der Waals surface area contributed by atoms with Gasteiger partial charge in [0.25, 0.3) is 0 Å². The standard InChI is InChI=1S/C15H13N5/c16-15-11-5-9(1-2-12(11)19-8-20-15)10-6-14-13(18-7-10)3-4-17-14/h1-2,5-8,17H,3-4H2,(H2,16,19,20). The van der Waals surface area contributed by atoms with E-state index in [1.165, 1.54) is 6.33 Å². The van der Waals surface area contributed by atoms with Gasteiger partial charge in [0.2, 0.25) is 0 Å². The largest absolute Gasteiger partial charge is 0.383 e. The fourth-order valence-electron chi connectivity index (χ4n) is 2.57. The third-order valence-electron chi connectivity index (χ3n) is 3.65. The van der Waals surface area contributed by atoms with Crippen molar-refractivity contribution in [3.63, 3.8) is 0 Å². The summed E-state index contributed by atoms with van der Waals surface area (Å²) >= 11 is 0. The maximum atomic E-state index is 5.91. The highest BCUT2D eigenvalue weighted by molar-refractivity contribution is 5.91. The average Bonchev–Trinajstić information content (AvgIpc) is 2.95. The molecule has 0 aliphatic carbocycles. The first-order valence-electron chi connectivity index (χ1n) is 6.55. The van der Waals surface area contributed by atoms with Crippen molar-refractivity contribution in [1.82, 2.24) is 15.0 Å². The molecule has 1 aliphatic heterocycles. The number of aromatic nitrogens is 3. The summed E-state index contributed by atoms with van der Waals surface area (Å²) in [6.07, 6.45) is 4.39. The van der Waals surface area contributed by atoms with E-state index in [9.17, 15) is 0 Å². The van der Waals surface area contributed by atoms with Crippen LogP contribution in [0.25, 0.3) is 22.0 Å². The highest BCUT2D eigenvalue weighted by atomic mass is 14.9. The van der Waals surface area contributed by atoms with Crippen molar-refractivity contribution >= 4 is 22.4 Å². The Morgan fingerprint density at radius 3 is 2.95 bits per heavy atom. The zero-order chi connectivity index (χ0) is 13.5. The zero-order valence-electron chi connectivity index (χ0n) is 10.8. The van der Waals surface area contributed by atoms with Crippen LogP contribution >= 0.6 is 0 Å². The first-order valence-corrected chi connectivity index (χ1v) is 6.55. The average molecular weight is 263 g/mol. The molecule has 20 heavy (non-hydrogen) atoms. The molecule has 0 bridgehead atoms. The molecule has 1 aromatic carbocycles. The number of hydrogen-bond donors (Lipinski definition) is 2. The molecule has 0 fully saturated rings. The summed E-state index contributed by atoms with van der Waals surface area (Å²) in [5, 5.41) is 4.22. The molecule has 0 radical (unpaired) electrons. The second-order valence-corrected chi connectivity index (χ2v) is 4.89.